The Morgan fingerprint density at radius 2 is 1.72 bits per heavy atom. The van der Waals surface area contributed by atoms with E-state index in [2.05, 4.69) is 18.2 Å². The van der Waals surface area contributed by atoms with Gasteiger partial charge in [-0.25, -0.2) is 4.98 Å². The van der Waals surface area contributed by atoms with Gasteiger partial charge in [-0.1, -0.05) is 30.3 Å². The van der Waals surface area contributed by atoms with Gasteiger partial charge in [0.2, 0.25) is 0 Å². The Kier molecular flexibility index (Phi) is 4.06. The van der Waals surface area contributed by atoms with E-state index in [9.17, 15) is 4.79 Å². The Labute approximate surface area is 154 Å². The summed E-state index contributed by atoms with van der Waals surface area (Å²) in [6.45, 7) is 4.07. The lowest BCUT2D eigenvalue weighted by Gasteiger charge is -2.23. The monoisotopic (exact) mass is 366 g/mol. The second kappa shape index (κ2) is 6.24. The lowest BCUT2D eigenvalue weighted by atomic mass is 10.1. The molecule has 4 rings (SSSR count). The van der Waals surface area contributed by atoms with Crippen LogP contribution in [0.1, 0.15) is 33.2 Å². The standard InChI is InChI=1S/C20H18N2OS2/c1-12-14-8-4-6-10-16(14)24-18(12)20(23)22(3)13(2)19-21-15-9-5-7-11-17(15)25-19/h4-11,13H,1-3H3/t13-/m0/s1. The number of amides is 1. The molecule has 25 heavy (non-hydrogen) atoms. The minimum absolute atomic E-state index is 0.0606. The van der Waals surface area contributed by atoms with E-state index >= 15 is 0 Å². The summed E-state index contributed by atoms with van der Waals surface area (Å²) < 4.78 is 2.31. The molecule has 5 heteroatoms. The molecule has 1 atom stereocenters. The lowest BCUT2D eigenvalue weighted by Crippen LogP contribution is -2.29. The zero-order valence-electron chi connectivity index (χ0n) is 14.3. The molecule has 0 saturated heterocycles. The predicted molar refractivity (Wildman–Crippen MR) is 107 cm³/mol. The highest BCUT2D eigenvalue weighted by Gasteiger charge is 2.25. The van der Waals surface area contributed by atoms with Crippen molar-refractivity contribution in [2.75, 3.05) is 7.05 Å². The van der Waals surface area contributed by atoms with E-state index in [-0.39, 0.29) is 11.9 Å². The van der Waals surface area contributed by atoms with Crippen LogP contribution in [0.25, 0.3) is 20.3 Å². The third kappa shape index (κ3) is 2.73. The second-order valence-electron chi connectivity index (χ2n) is 6.16. The van der Waals surface area contributed by atoms with E-state index in [1.54, 1.807) is 27.6 Å². The van der Waals surface area contributed by atoms with Crippen LogP contribution in [0.15, 0.2) is 48.5 Å². The zero-order valence-corrected chi connectivity index (χ0v) is 15.9. The average Bonchev–Trinajstić information content (AvgIpc) is 3.21. The number of carbonyl (C=O) groups excluding carboxylic acids is 1. The first-order valence-electron chi connectivity index (χ1n) is 8.17. The van der Waals surface area contributed by atoms with Gasteiger partial charge in [0.15, 0.2) is 0 Å². The fourth-order valence-electron chi connectivity index (χ4n) is 2.95. The summed E-state index contributed by atoms with van der Waals surface area (Å²) >= 11 is 3.22. The number of aromatic nitrogens is 1. The number of hydrogen-bond donors (Lipinski definition) is 0. The molecule has 2 aromatic carbocycles. The summed E-state index contributed by atoms with van der Waals surface area (Å²) in [6, 6.07) is 16.2. The number of benzene rings is 2. The van der Waals surface area contributed by atoms with Gasteiger partial charge in [0, 0.05) is 11.7 Å². The number of thiazole rings is 1. The fourth-order valence-corrected chi connectivity index (χ4v) is 5.20. The molecular formula is C20H18N2OS2. The smallest absolute Gasteiger partial charge is 0.264 e. The van der Waals surface area contributed by atoms with E-state index in [4.69, 9.17) is 4.98 Å². The Bertz CT molecular complexity index is 1050. The molecule has 4 aromatic rings. The maximum Gasteiger partial charge on any atom is 0.264 e. The number of thiophene rings is 1. The molecule has 0 bridgehead atoms. The first-order valence-corrected chi connectivity index (χ1v) is 9.80. The normalized spacial score (nSPS) is 12.6. The van der Waals surface area contributed by atoms with Crippen LogP contribution in [0.3, 0.4) is 0 Å². The van der Waals surface area contributed by atoms with Gasteiger partial charge >= 0.3 is 0 Å². The minimum Gasteiger partial charge on any atom is -0.332 e. The maximum absolute atomic E-state index is 13.1. The average molecular weight is 367 g/mol. The van der Waals surface area contributed by atoms with Gasteiger partial charge in [0.1, 0.15) is 5.01 Å². The van der Waals surface area contributed by atoms with Crippen LogP contribution in [0.4, 0.5) is 0 Å². The van der Waals surface area contributed by atoms with E-state index in [1.807, 2.05) is 51.2 Å². The minimum atomic E-state index is -0.0606. The van der Waals surface area contributed by atoms with Gasteiger partial charge in [-0.2, -0.15) is 0 Å². The number of fused-ring (bicyclic) bond motifs is 2. The van der Waals surface area contributed by atoms with Gasteiger partial charge in [0.05, 0.1) is 21.1 Å². The molecule has 0 fully saturated rings. The number of rotatable bonds is 3. The van der Waals surface area contributed by atoms with Crippen molar-refractivity contribution >= 4 is 48.9 Å². The fraction of sp³-hybridized carbons (Fsp3) is 0.200. The summed E-state index contributed by atoms with van der Waals surface area (Å²) in [5.74, 6) is 0.0606. The summed E-state index contributed by atoms with van der Waals surface area (Å²) in [6.07, 6.45) is 0. The van der Waals surface area contributed by atoms with Crippen molar-refractivity contribution in [2.45, 2.75) is 19.9 Å². The highest BCUT2D eigenvalue weighted by atomic mass is 32.1. The summed E-state index contributed by atoms with van der Waals surface area (Å²) in [5, 5.41) is 2.13. The number of aryl methyl sites for hydroxylation is 1. The predicted octanol–water partition coefficient (Wildman–Crippen LogP) is 5.65. The van der Waals surface area contributed by atoms with Crippen molar-refractivity contribution in [1.29, 1.82) is 0 Å². The Morgan fingerprint density at radius 3 is 2.44 bits per heavy atom. The van der Waals surface area contributed by atoms with Crippen molar-refractivity contribution in [3.63, 3.8) is 0 Å². The molecule has 0 aliphatic heterocycles. The summed E-state index contributed by atoms with van der Waals surface area (Å²) in [5.41, 5.74) is 2.06. The number of hydrogen-bond acceptors (Lipinski definition) is 4. The first-order chi connectivity index (χ1) is 12.1. The van der Waals surface area contributed by atoms with Gasteiger partial charge in [-0.3, -0.25) is 4.79 Å². The van der Waals surface area contributed by atoms with Gasteiger partial charge in [-0.05, 0) is 43.0 Å². The number of para-hydroxylation sites is 1. The van der Waals surface area contributed by atoms with E-state index < -0.39 is 0 Å². The van der Waals surface area contributed by atoms with Crippen LogP contribution in [0, 0.1) is 6.92 Å². The molecule has 0 saturated carbocycles. The molecule has 0 unspecified atom stereocenters. The Hall–Kier alpha value is -2.24. The SMILES string of the molecule is Cc1c(C(=O)N(C)[C@@H](C)c2nc3ccccc3s2)sc2ccccc12. The molecule has 2 aromatic heterocycles. The zero-order chi connectivity index (χ0) is 17.6. The molecule has 0 N–H and O–H groups in total. The van der Waals surface area contributed by atoms with Crippen LogP contribution >= 0.6 is 22.7 Å². The molecule has 126 valence electrons. The van der Waals surface area contributed by atoms with Crippen molar-refractivity contribution in [3.8, 4) is 0 Å². The van der Waals surface area contributed by atoms with Crippen LogP contribution in [0.5, 0.6) is 0 Å². The highest BCUT2D eigenvalue weighted by Crippen LogP contribution is 2.34. The van der Waals surface area contributed by atoms with Gasteiger partial charge in [-0.15, -0.1) is 22.7 Å². The molecular weight excluding hydrogens is 348 g/mol. The molecule has 0 aliphatic rings. The van der Waals surface area contributed by atoms with Crippen LogP contribution < -0.4 is 0 Å². The Morgan fingerprint density at radius 1 is 1.04 bits per heavy atom. The topological polar surface area (TPSA) is 33.2 Å². The number of carbonyl (C=O) groups is 1. The van der Waals surface area contributed by atoms with Crippen molar-refractivity contribution < 1.29 is 4.79 Å². The van der Waals surface area contributed by atoms with E-state index in [0.29, 0.717) is 0 Å². The van der Waals surface area contributed by atoms with Gasteiger partial charge in [0.25, 0.3) is 5.91 Å². The van der Waals surface area contributed by atoms with Crippen molar-refractivity contribution in [3.05, 3.63) is 64.0 Å². The quantitative estimate of drug-likeness (QED) is 0.469. The highest BCUT2D eigenvalue weighted by molar-refractivity contribution is 7.21. The summed E-state index contributed by atoms with van der Waals surface area (Å²) in [4.78, 5) is 20.4. The second-order valence-corrected chi connectivity index (χ2v) is 8.28. The van der Waals surface area contributed by atoms with Crippen LogP contribution in [-0.2, 0) is 0 Å². The molecule has 0 aliphatic carbocycles. The molecule has 0 radical (unpaired) electrons. The van der Waals surface area contributed by atoms with Crippen molar-refractivity contribution in [2.24, 2.45) is 0 Å². The maximum atomic E-state index is 13.1. The molecule has 1 amide bonds. The Balaban J connectivity index is 1.67. The largest absolute Gasteiger partial charge is 0.332 e. The first kappa shape index (κ1) is 16.2. The molecule has 0 spiro atoms. The van der Waals surface area contributed by atoms with Crippen LogP contribution in [-0.4, -0.2) is 22.8 Å². The number of nitrogens with zero attached hydrogens (tertiary/aromatic N) is 2. The van der Waals surface area contributed by atoms with E-state index in [1.165, 1.54) is 0 Å². The third-order valence-electron chi connectivity index (χ3n) is 4.61. The molecule has 3 nitrogen and oxygen atoms in total. The van der Waals surface area contributed by atoms with Crippen LogP contribution in [0.2, 0.25) is 0 Å². The summed E-state index contributed by atoms with van der Waals surface area (Å²) in [7, 11) is 1.86. The molecule has 2 heterocycles. The van der Waals surface area contributed by atoms with Gasteiger partial charge < -0.3 is 4.90 Å². The van der Waals surface area contributed by atoms with E-state index in [0.717, 1.165) is 35.8 Å². The lowest BCUT2D eigenvalue weighted by molar-refractivity contribution is 0.0747. The van der Waals surface area contributed by atoms with Crippen molar-refractivity contribution in [1.82, 2.24) is 9.88 Å². The third-order valence-corrected chi connectivity index (χ3v) is 7.07.